The zero-order valence-electron chi connectivity index (χ0n) is 16.3. The van der Waals surface area contributed by atoms with Crippen molar-refractivity contribution in [2.75, 3.05) is 14.1 Å². The van der Waals surface area contributed by atoms with Crippen LogP contribution in [0.2, 0.25) is 0 Å². The normalized spacial score (nSPS) is 18.9. The van der Waals surface area contributed by atoms with Gasteiger partial charge in [-0.1, -0.05) is 35.5 Å². The van der Waals surface area contributed by atoms with Crippen LogP contribution in [0.5, 0.6) is 0 Å². The Bertz CT molecular complexity index is 956. The number of benzene rings is 1. The Morgan fingerprint density at radius 2 is 2.00 bits per heavy atom. The molecule has 0 radical (unpaired) electrons. The molecule has 1 saturated carbocycles. The minimum atomic E-state index is -0.158. The van der Waals surface area contributed by atoms with Crippen LogP contribution in [-0.4, -0.2) is 50.9 Å². The molecule has 1 amide bonds. The Labute approximate surface area is 163 Å². The van der Waals surface area contributed by atoms with E-state index in [1.807, 2.05) is 51.5 Å². The molecule has 4 rings (SSSR count). The van der Waals surface area contributed by atoms with Gasteiger partial charge in [0.05, 0.1) is 6.54 Å². The number of nitrogens with zero attached hydrogens (tertiary/aromatic N) is 5. The highest BCUT2D eigenvalue weighted by atomic mass is 16.5. The van der Waals surface area contributed by atoms with Crippen molar-refractivity contribution in [2.45, 2.75) is 31.3 Å². The van der Waals surface area contributed by atoms with Gasteiger partial charge in [0.1, 0.15) is 29.2 Å². The Hall–Kier alpha value is -3.00. The molecule has 8 nitrogen and oxygen atoms in total. The van der Waals surface area contributed by atoms with Crippen LogP contribution in [0.1, 0.15) is 40.8 Å². The second-order valence-electron chi connectivity index (χ2n) is 7.55. The minimum absolute atomic E-state index is 0.116. The fourth-order valence-corrected chi connectivity index (χ4v) is 3.56. The molecule has 3 aromatic rings. The van der Waals surface area contributed by atoms with Crippen molar-refractivity contribution in [2.24, 2.45) is 7.05 Å². The van der Waals surface area contributed by atoms with Crippen LogP contribution in [0.4, 0.5) is 0 Å². The summed E-state index contributed by atoms with van der Waals surface area (Å²) < 4.78 is 7.12. The maximum Gasteiger partial charge on any atom is 0.257 e. The molecule has 8 heteroatoms. The first-order valence-corrected chi connectivity index (χ1v) is 9.36. The van der Waals surface area contributed by atoms with E-state index in [0.717, 1.165) is 36.6 Å². The summed E-state index contributed by atoms with van der Waals surface area (Å²) in [4.78, 5) is 14.8. The van der Waals surface area contributed by atoms with Gasteiger partial charge < -0.3 is 19.3 Å². The average Bonchev–Trinajstić information content (AvgIpc) is 3.26. The summed E-state index contributed by atoms with van der Waals surface area (Å²) in [6, 6.07) is 9.68. The van der Waals surface area contributed by atoms with Gasteiger partial charge in [-0.05, 0) is 26.9 Å². The van der Waals surface area contributed by atoms with Crippen LogP contribution in [0.3, 0.4) is 0 Å². The third kappa shape index (κ3) is 3.55. The fourth-order valence-electron chi connectivity index (χ4n) is 3.56. The average molecular weight is 380 g/mol. The fraction of sp³-hybridized carbons (Fsp3) is 0.400. The van der Waals surface area contributed by atoms with Crippen LogP contribution in [0.15, 0.2) is 41.1 Å². The van der Waals surface area contributed by atoms with Crippen LogP contribution in [0, 0.1) is 0 Å². The zero-order chi connectivity index (χ0) is 19.7. The summed E-state index contributed by atoms with van der Waals surface area (Å²) in [5.74, 6) is 2.09. The van der Waals surface area contributed by atoms with E-state index < -0.39 is 0 Å². The van der Waals surface area contributed by atoms with Gasteiger partial charge in [0, 0.05) is 24.6 Å². The lowest BCUT2D eigenvalue weighted by atomic mass is 9.79. The Morgan fingerprint density at radius 3 is 2.71 bits per heavy atom. The van der Waals surface area contributed by atoms with Gasteiger partial charge in [0.15, 0.2) is 0 Å². The molecule has 0 atom stereocenters. The number of hydrogen-bond acceptors (Lipinski definition) is 6. The van der Waals surface area contributed by atoms with Gasteiger partial charge in [-0.3, -0.25) is 4.79 Å². The third-order valence-corrected chi connectivity index (χ3v) is 5.16. The maximum absolute atomic E-state index is 12.7. The molecule has 0 aliphatic heterocycles. The van der Waals surface area contributed by atoms with Crippen LogP contribution in [0.25, 0.3) is 11.3 Å². The standard InChI is InChI=1S/C20H24N6O2/c1-25(2)11-17-22-23-19(26(17)3)14-9-15(10-14)21-20(27)16-12-28-24-18(16)13-7-5-4-6-8-13/h4-8,12,14-15H,9-11H2,1-3H3,(H,21,27). The van der Waals surface area contributed by atoms with E-state index in [1.165, 1.54) is 6.26 Å². The predicted molar refractivity (Wildman–Crippen MR) is 104 cm³/mol. The monoisotopic (exact) mass is 380 g/mol. The van der Waals surface area contributed by atoms with Crippen molar-refractivity contribution in [1.29, 1.82) is 0 Å². The molecule has 1 aliphatic rings. The van der Waals surface area contributed by atoms with E-state index in [9.17, 15) is 4.79 Å². The highest BCUT2D eigenvalue weighted by Crippen LogP contribution is 2.36. The number of amides is 1. The second-order valence-corrected chi connectivity index (χ2v) is 7.55. The summed E-state index contributed by atoms with van der Waals surface area (Å²) in [6.45, 7) is 0.756. The zero-order valence-corrected chi connectivity index (χ0v) is 16.3. The molecule has 1 aliphatic carbocycles. The summed E-state index contributed by atoms with van der Waals surface area (Å²) in [5, 5.41) is 15.7. The number of nitrogens with one attached hydrogen (secondary N) is 1. The highest BCUT2D eigenvalue weighted by Gasteiger charge is 2.35. The van der Waals surface area contributed by atoms with E-state index >= 15 is 0 Å². The number of rotatable bonds is 6. The topological polar surface area (TPSA) is 89.1 Å². The number of aromatic nitrogens is 4. The smallest absolute Gasteiger partial charge is 0.257 e. The van der Waals surface area contributed by atoms with E-state index in [0.29, 0.717) is 17.2 Å². The minimum Gasteiger partial charge on any atom is -0.363 e. The molecule has 2 heterocycles. The van der Waals surface area contributed by atoms with Crippen molar-refractivity contribution in [3.8, 4) is 11.3 Å². The number of carbonyl (C=O) groups is 1. The number of hydrogen-bond donors (Lipinski definition) is 1. The van der Waals surface area contributed by atoms with Crippen LogP contribution < -0.4 is 5.32 Å². The van der Waals surface area contributed by atoms with Crippen molar-refractivity contribution in [3.05, 3.63) is 53.8 Å². The van der Waals surface area contributed by atoms with Gasteiger partial charge in [-0.25, -0.2) is 0 Å². The molecular weight excluding hydrogens is 356 g/mol. The SMILES string of the molecule is CN(C)Cc1nnc(C2CC(NC(=O)c3conc3-c3ccccc3)C2)n1C. The second kappa shape index (κ2) is 7.55. The van der Waals surface area contributed by atoms with E-state index in [-0.39, 0.29) is 11.9 Å². The molecular formula is C20H24N6O2. The lowest BCUT2D eigenvalue weighted by Crippen LogP contribution is -2.44. The van der Waals surface area contributed by atoms with Crippen molar-refractivity contribution < 1.29 is 9.32 Å². The third-order valence-electron chi connectivity index (χ3n) is 5.16. The van der Waals surface area contributed by atoms with Crippen LogP contribution >= 0.6 is 0 Å². The summed E-state index contributed by atoms with van der Waals surface area (Å²) in [7, 11) is 6.03. The molecule has 1 fully saturated rings. The van der Waals surface area contributed by atoms with Crippen molar-refractivity contribution in [3.63, 3.8) is 0 Å². The summed E-state index contributed by atoms with van der Waals surface area (Å²) in [6.07, 6.45) is 3.11. The van der Waals surface area contributed by atoms with E-state index in [1.54, 1.807) is 0 Å². The molecule has 146 valence electrons. The maximum atomic E-state index is 12.7. The quantitative estimate of drug-likeness (QED) is 0.705. The summed E-state index contributed by atoms with van der Waals surface area (Å²) >= 11 is 0. The van der Waals surface area contributed by atoms with Crippen molar-refractivity contribution >= 4 is 5.91 Å². The molecule has 2 aromatic heterocycles. The molecule has 1 N–H and O–H groups in total. The Kier molecular flexibility index (Phi) is 4.95. The first-order valence-electron chi connectivity index (χ1n) is 9.36. The van der Waals surface area contributed by atoms with Crippen molar-refractivity contribution in [1.82, 2.24) is 30.1 Å². The van der Waals surface area contributed by atoms with Gasteiger partial charge in [-0.2, -0.15) is 0 Å². The van der Waals surface area contributed by atoms with Gasteiger partial charge in [0.2, 0.25) is 0 Å². The summed E-state index contributed by atoms with van der Waals surface area (Å²) in [5.41, 5.74) is 1.89. The Morgan fingerprint density at radius 1 is 1.25 bits per heavy atom. The largest absolute Gasteiger partial charge is 0.363 e. The molecule has 0 bridgehead atoms. The number of carbonyl (C=O) groups excluding carboxylic acids is 1. The van der Waals surface area contributed by atoms with E-state index in [4.69, 9.17) is 4.52 Å². The predicted octanol–water partition coefficient (Wildman–Crippen LogP) is 2.21. The molecule has 1 aromatic carbocycles. The first kappa shape index (κ1) is 18.4. The van der Waals surface area contributed by atoms with Gasteiger partial charge in [-0.15, -0.1) is 10.2 Å². The molecule has 0 saturated heterocycles. The lowest BCUT2D eigenvalue weighted by Gasteiger charge is -2.35. The highest BCUT2D eigenvalue weighted by molar-refractivity contribution is 5.99. The molecule has 0 spiro atoms. The Balaban J connectivity index is 1.38. The van der Waals surface area contributed by atoms with Gasteiger partial charge in [0.25, 0.3) is 5.91 Å². The lowest BCUT2D eigenvalue weighted by molar-refractivity contribution is 0.0907. The first-order chi connectivity index (χ1) is 13.5. The van der Waals surface area contributed by atoms with Crippen LogP contribution in [-0.2, 0) is 13.6 Å². The molecule has 0 unspecified atom stereocenters. The van der Waals surface area contributed by atoms with Gasteiger partial charge >= 0.3 is 0 Å². The molecule has 28 heavy (non-hydrogen) atoms. The van der Waals surface area contributed by atoms with E-state index in [2.05, 4.69) is 30.1 Å².